The zero-order chi connectivity index (χ0) is 19.2. The Balaban J connectivity index is 1.66. The van der Waals surface area contributed by atoms with E-state index in [0.717, 1.165) is 25.2 Å². The van der Waals surface area contributed by atoms with E-state index in [1.165, 1.54) is 12.8 Å². The molecule has 0 bridgehead atoms. The molecule has 0 radical (unpaired) electrons. The minimum Gasteiger partial charge on any atom is -0.360 e. The number of benzene rings is 1. The smallest absolute Gasteiger partial charge is 0.254 e. The largest absolute Gasteiger partial charge is 0.360 e. The highest BCUT2D eigenvalue weighted by Crippen LogP contribution is 2.11. The Morgan fingerprint density at radius 2 is 1.89 bits per heavy atom. The van der Waals surface area contributed by atoms with Gasteiger partial charge in [-0.1, -0.05) is 22.9 Å². The van der Waals surface area contributed by atoms with E-state index in [-0.39, 0.29) is 18.4 Å². The molecule has 3 rings (SSSR count). The van der Waals surface area contributed by atoms with Gasteiger partial charge in [0.15, 0.2) is 5.82 Å². The Labute approximate surface area is 159 Å². The summed E-state index contributed by atoms with van der Waals surface area (Å²) in [5.74, 6) is 0.553. The number of nitrogens with zero attached hydrogens (tertiary/aromatic N) is 3. The predicted octanol–water partition coefficient (Wildman–Crippen LogP) is 2.47. The van der Waals surface area contributed by atoms with Crippen molar-refractivity contribution in [3.05, 3.63) is 47.2 Å². The van der Waals surface area contributed by atoms with E-state index >= 15 is 0 Å². The van der Waals surface area contributed by atoms with Crippen molar-refractivity contribution in [2.75, 3.05) is 38.0 Å². The van der Waals surface area contributed by atoms with Crippen LogP contribution in [0, 0.1) is 13.8 Å². The maximum atomic E-state index is 12.9. The number of amides is 2. The fourth-order valence-electron chi connectivity index (χ4n) is 3.18. The van der Waals surface area contributed by atoms with Crippen LogP contribution in [0.5, 0.6) is 0 Å². The second kappa shape index (κ2) is 8.81. The average molecular weight is 370 g/mol. The van der Waals surface area contributed by atoms with E-state index in [1.807, 2.05) is 19.1 Å². The lowest BCUT2D eigenvalue weighted by molar-refractivity contribution is -0.117. The van der Waals surface area contributed by atoms with Gasteiger partial charge in [-0.25, -0.2) is 0 Å². The molecule has 0 spiro atoms. The molecule has 1 aromatic heterocycles. The van der Waals surface area contributed by atoms with Gasteiger partial charge in [0.25, 0.3) is 5.91 Å². The molecule has 2 heterocycles. The fourth-order valence-corrected chi connectivity index (χ4v) is 3.18. The van der Waals surface area contributed by atoms with Gasteiger partial charge in [-0.15, -0.1) is 0 Å². The number of carbonyl (C=O) groups excluding carboxylic acids is 2. The number of aryl methyl sites for hydroxylation is 2. The highest BCUT2D eigenvalue weighted by molar-refractivity contribution is 5.99. The maximum Gasteiger partial charge on any atom is 0.254 e. The molecule has 1 aliphatic rings. The van der Waals surface area contributed by atoms with Gasteiger partial charge in [-0.3, -0.25) is 9.59 Å². The quantitative estimate of drug-likeness (QED) is 0.810. The Hall–Kier alpha value is -2.67. The van der Waals surface area contributed by atoms with Crippen molar-refractivity contribution < 1.29 is 14.1 Å². The van der Waals surface area contributed by atoms with E-state index in [1.54, 1.807) is 30.0 Å². The van der Waals surface area contributed by atoms with Crippen LogP contribution in [0.4, 0.5) is 5.82 Å². The number of aromatic nitrogens is 1. The molecule has 1 fully saturated rings. The molecule has 2 amide bonds. The van der Waals surface area contributed by atoms with Crippen molar-refractivity contribution in [1.29, 1.82) is 0 Å². The van der Waals surface area contributed by atoms with Gasteiger partial charge in [0.2, 0.25) is 5.91 Å². The summed E-state index contributed by atoms with van der Waals surface area (Å²) in [7, 11) is 0. The maximum absolute atomic E-state index is 12.9. The Morgan fingerprint density at radius 1 is 1.19 bits per heavy atom. The van der Waals surface area contributed by atoms with Crippen molar-refractivity contribution in [3.63, 3.8) is 0 Å². The van der Waals surface area contributed by atoms with E-state index in [0.29, 0.717) is 23.7 Å². The SMILES string of the molecule is Cc1ccc(C(=O)N(CCN2CCCC2)CC(=O)Nc2cc(C)on2)cc1. The lowest BCUT2D eigenvalue weighted by Gasteiger charge is -2.25. The van der Waals surface area contributed by atoms with Crippen LogP contribution >= 0.6 is 0 Å². The lowest BCUT2D eigenvalue weighted by atomic mass is 10.1. The van der Waals surface area contributed by atoms with Gasteiger partial charge in [0.1, 0.15) is 12.3 Å². The van der Waals surface area contributed by atoms with Gasteiger partial charge < -0.3 is 19.6 Å². The normalized spacial score (nSPS) is 14.3. The number of anilines is 1. The van der Waals surface area contributed by atoms with Crippen molar-refractivity contribution in [1.82, 2.24) is 15.0 Å². The Kier molecular flexibility index (Phi) is 6.24. The zero-order valence-electron chi connectivity index (χ0n) is 15.9. The van der Waals surface area contributed by atoms with E-state index in [2.05, 4.69) is 15.4 Å². The number of rotatable bonds is 7. The molecule has 7 nitrogen and oxygen atoms in total. The van der Waals surface area contributed by atoms with Gasteiger partial charge in [-0.2, -0.15) is 0 Å². The van der Waals surface area contributed by atoms with Gasteiger partial charge >= 0.3 is 0 Å². The topological polar surface area (TPSA) is 78.7 Å². The highest BCUT2D eigenvalue weighted by Gasteiger charge is 2.21. The van der Waals surface area contributed by atoms with Gasteiger partial charge in [-0.05, 0) is 51.9 Å². The van der Waals surface area contributed by atoms with Crippen molar-refractivity contribution in [2.45, 2.75) is 26.7 Å². The second-order valence-electron chi connectivity index (χ2n) is 7.01. The Morgan fingerprint density at radius 3 is 2.52 bits per heavy atom. The van der Waals surface area contributed by atoms with Crippen LogP contribution in [0.25, 0.3) is 0 Å². The first-order valence-corrected chi connectivity index (χ1v) is 9.33. The third kappa shape index (κ3) is 5.40. The van der Waals surface area contributed by atoms with Crippen molar-refractivity contribution in [2.24, 2.45) is 0 Å². The summed E-state index contributed by atoms with van der Waals surface area (Å²) in [5, 5.41) is 6.45. The molecule has 1 N–H and O–H groups in total. The van der Waals surface area contributed by atoms with E-state index in [9.17, 15) is 9.59 Å². The molecule has 1 aliphatic heterocycles. The summed E-state index contributed by atoms with van der Waals surface area (Å²) >= 11 is 0. The molecule has 7 heteroatoms. The van der Waals surface area contributed by atoms with Gasteiger partial charge in [0.05, 0.1) is 0 Å². The van der Waals surface area contributed by atoms with Crippen LogP contribution in [-0.2, 0) is 4.79 Å². The molecule has 0 aliphatic carbocycles. The first-order chi connectivity index (χ1) is 13.0. The molecule has 0 unspecified atom stereocenters. The van der Waals surface area contributed by atoms with Crippen LogP contribution in [0.1, 0.15) is 34.5 Å². The molecule has 144 valence electrons. The molecule has 1 aromatic carbocycles. The minimum atomic E-state index is -0.287. The first kappa shape index (κ1) is 19.1. The third-order valence-electron chi connectivity index (χ3n) is 4.70. The third-order valence-corrected chi connectivity index (χ3v) is 4.70. The van der Waals surface area contributed by atoms with Crippen LogP contribution in [0.2, 0.25) is 0 Å². The van der Waals surface area contributed by atoms with Crippen molar-refractivity contribution in [3.8, 4) is 0 Å². The van der Waals surface area contributed by atoms with Crippen LogP contribution < -0.4 is 5.32 Å². The van der Waals surface area contributed by atoms with Crippen molar-refractivity contribution >= 4 is 17.6 Å². The van der Waals surface area contributed by atoms with Crippen LogP contribution in [0.15, 0.2) is 34.9 Å². The molecule has 1 saturated heterocycles. The number of hydrogen-bond acceptors (Lipinski definition) is 5. The summed E-state index contributed by atoms with van der Waals surface area (Å²) in [6.45, 7) is 7.10. The van der Waals surface area contributed by atoms with E-state index in [4.69, 9.17) is 4.52 Å². The molecule has 27 heavy (non-hydrogen) atoms. The minimum absolute atomic E-state index is 0.0214. The summed E-state index contributed by atoms with van der Waals surface area (Å²) in [5.41, 5.74) is 1.68. The summed E-state index contributed by atoms with van der Waals surface area (Å²) < 4.78 is 4.96. The molecular formula is C20H26N4O3. The van der Waals surface area contributed by atoms with Crippen LogP contribution in [-0.4, -0.2) is 59.5 Å². The summed E-state index contributed by atoms with van der Waals surface area (Å²) in [4.78, 5) is 29.3. The number of hydrogen-bond donors (Lipinski definition) is 1. The first-order valence-electron chi connectivity index (χ1n) is 9.33. The standard InChI is InChI=1S/C20H26N4O3/c1-15-5-7-17(8-6-15)20(26)24(12-11-23-9-3-4-10-23)14-19(25)21-18-13-16(2)27-22-18/h5-8,13H,3-4,9-12,14H2,1-2H3,(H,21,22,25). The summed E-state index contributed by atoms with van der Waals surface area (Å²) in [6.07, 6.45) is 2.38. The molecule has 2 aromatic rings. The number of likely N-dealkylation sites (tertiary alicyclic amines) is 1. The molecule has 0 atom stereocenters. The monoisotopic (exact) mass is 370 g/mol. The summed E-state index contributed by atoms with van der Waals surface area (Å²) in [6, 6.07) is 9.07. The van der Waals surface area contributed by atoms with Gasteiger partial charge in [0, 0.05) is 24.7 Å². The predicted molar refractivity (Wildman–Crippen MR) is 103 cm³/mol. The van der Waals surface area contributed by atoms with Crippen LogP contribution in [0.3, 0.4) is 0 Å². The Bertz CT molecular complexity index is 779. The second-order valence-corrected chi connectivity index (χ2v) is 7.01. The zero-order valence-corrected chi connectivity index (χ0v) is 15.9. The number of carbonyl (C=O) groups is 2. The molecular weight excluding hydrogens is 344 g/mol. The number of nitrogens with one attached hydrogen (secondary N) is 1. The highest BCUT2D eigenvalue weighted by atomic mass is 16.5. The average Bonchev–Trinajstić information content (AvgIpc) is 3.30. The van der Waals surface area contributed by atoms with E-state index < -0.39 is 0 Å². The molecule has 0 saturated carbocycles. The lowest BCUT2D eigenvalue weighted by Crippen LogP contribution is -2.42. The fraction of sp³-hybridized carbons (Fsp3) is 0.450.